The number of aromatic nitrogens is 2. The van der Waals surface area contributed by atoms with Crippen LogP contribution in [0.25, 0.3) is 0 Å². The summed E-state index contributed by atoms with van der Waals surface area (Å²) in [5.74, 6) is 0.617. The smallest absolute Gasteiger partial charge is 0.213 e. The summed E-state index contributed by atoms with van der Waals surface area (Å²) in [6.45, 7) is 1.79. The van der Waals surface area contributed by atoms with Gasteiger partial charge in [-0.25, -0.2) is 0 Å². The Kier molecular flexibility index (Phi) is 1.62. The van der Waals surface area contributed by atoms with Crippen LogP contribution in [0, 0.1) is 0 Å². The highest BCUT2D eigenvalue weighted by molar-refractivity contribution is 5.06. The van der Waals surface area contributed by atoms with E-state index in [0.717, 1.165) is 19.5 Å². The molecule has 0 aliphatic carbocycles. The summed E-state index contributed by atoms with van der Waals surface area (Å²) in [5.41, 5.74) is 5.69. The highest BCUT2D eigenvalue weighted by Gasteiger charge is 2.37. The van der Waals surface area contributed by atoms with Crippen LogP contribution in [-0.2, 0) is 5.54 Å². The number of hydrogen-bond donors (Lipinski definition) is 1. The van der Waals surface area contributed by atoms with Gasteiger partial charge in [-0.15, -0.1) is 0 Å². The fourth-order valence-corrected chi connectivity index (χ4v) is 1.60. The molecule has 1 saturated heterocycles. The van der Waals surface area contributed by atoms with Crippen molar-refractivity contribution in [2.75, 3.05) is 20.1 Å². The minimum Gasteiger partial charge on any atom is -0.343 e. The molecule has 2 rings (SSSR count). The second-order valence-corrected chi connectivity index (χ2v) is 3.40. The van der Waals surface area contributed by atoms with E-state index in [1.165, 1.54) is 6.39 Å². The van der Waals surface area contributed by atoms with Gasteiger partial charge in [0.2, 0.25) is 6.39 Å². The lowest BCUT2D eigenvalue weighted by Crippen LogP contribution is -2.40. The summed E-state index contributed by atoms with van der Waals surface area (Å²) in [7, 11) is 2.04. The Morgan fingerprint density at radius 3 is 3.08 bits per heavy atom. The van der Waals surface area contributed by atoms with E-state index in [9.17, 15) is 0 Å². The van der Waals surface area contributed by atoms with E-state index in [1.54, 1.807) is 0 Å². The van der Waals surface area contributed by atoms with Crippen molar-refractivity contribution in [2.45, 2.75) is 12.0 Å². The van der Waals surface area contributed by atoms with E-state index in [-0.39, 0.29) is 0 Å². The van der Waals surface area contributed by atoms with E-state index in [2.05, 4.69) is 19.6 Å². The van der Waals surface area contributed by atoms with Gasteiger partial charge >= 0.3 is 0 Å². The Hall–Kier alpha value is -0.940. The maximum atomic E-state index is 6.09. The molecular weight excluding hydrogens is 156 g/mol. The van der Waals surface area contributed by atoms with Crippen LogP contribution in [0.15, 0.2) is 10.9 Å². The molecule has 5 nitrogen and oxygen atoms in total. The topological polar surface area (TPSA) is 68.2 Å². The lowest BCUT2D eigenvalue weighted by atomic mass is 10.00. The second kappa shape index (κ2) is 2.53. The first-order valence-electron chi connectivity index (χ1n) is 3.95. The average Bonchev–Trinajstić information content (AvgIpc) is 2.59. The normalized spacial score (nSPS) is 31.2. The van der Waals surface area contributed by atoms with Crippen molar-refractivity contribution in [2.24, 2.45) is 5.73 Å². The number of nitrogens with two attached hydrogens (primary N) is 1. The highest BCUT2D eigenvalue weighted by Crippen LogP contribution is 2.25. The third kappa shape index (κ3) is 1.11. The standard InChI is InChI=1S/C7H12N4O/c1-11-3-2-7(8,4-11)6-9-5-12-10-6/h5H,2-4,8H2,1H3. The van der Waals surface area contributed by atoms with Crippen LogP contribution in [0.5, 0.6) is 0 Å². The van der Waals surface area contributed by atoms with Gasteiger partial charge in [0.25, 0.3) is 0 Å². The number of nitrogens with zero attached hydrogens (tertiary/aromatic N) is 3. The Balaban J connectivity index is 2.23. The minimum absolute atomic E-state index is 0.401. The van der Waals surface area contributed by atoms with E-state index < -0.39 is 5.54 Å². The zero-order valence-electron chi connectivity index (χ0n) is 7.03. The molecule has 1 aromatic heterocycles. The maximum Gasteiger partial charge on any atom is 0.213 e. The van der Waals surface area contributed by atoms with Crippen LogP contribution in [0.2, 0.25) is 0 Å². The van der Waals surface area contributed by atoms with Crippen molar-refractivity contribution in [3.63, 3.8) is 0 Å². The Labute approximate surface area is 70.5 Å². The van der Waals surface area contributed by atoms with Gasteiger partial charge in [-0.2, -0.15) is 4.98 Å². The van der Waals surface area contributed by atoms with Crippen molar-refractivity contribution in [1.29, 1.82) is 0 Å². The average molecular weight is 168 g/mol. The van der Waals surface area contributed by atoms with Crippen molar-refractivity contribution >= 4 is 0 Å². The molecule has 66 valence electrons. The van der Waals surface area contributed by atoms with Crippen LogP contribution in [0.1, 0.15) is 12.2 Å². The summed E-state index contributed by atoms with van der Waals surface area (Å²) in [4.78, 5) is 6.14. The maximum absolute atomic E-state index is 6.09. The van der Waals surface area contributed by atoms with E-state index in [4.69, 9.17) is 5.73 Å². The number of hydrogen-bond acceptors (Lipinski definition) is 5. The molecule has 12 heavy (non-hydrogen) atoms. The van der Waals surface area contributed by atoms with Crippen LogP contribution in [0.4, 0.5) is 0 Å². The fraction of sp³-hybridized carbons (Fsp3) is 0.714. The molecule has 1 atom stereocenters. The molecule has 0 saturated carbocycles. The Morgan fingerprint density at radius 1 is 1.75 bits per heavy atom. The molecule has 0 amide bonds. The van der Waals surface area contributed by atoms with Gasteiger partial charge in [0.1, 0.15) is 0 Å². The molecular formula is C7H12N4O. The lowest BCUT2D eigenvalue weighted by Gasteiger charge is -2.18. The predicted octanol–water partition coefficient (Wildman–Crippen LogP) is -0.441. The second-order valence-electron chi connectivity index (χ2n) is 3.40. The van der Waals surface area contributed by atoms with Gasteiger partial charge in [-0.05, 0) is 13.5 Å². The molecule has 2 N–H and O–H groups in total. The van der Waals surface area contributed by atoms with Crippen molar-refractivity contribution < 1.29 is 4.52 Å². The van der Waals surface area contributed by atoms with Crippen LogP contribution in [0.3, 0.4) is 0 Å². The molecule has 0 radical (unpaired) electrons. The third-order valence-corrected chi connectivity index (χ3v) is 2.30. The molecule has 1 fully saturated rings. The van der Waals surface area contributed by atoms with Gasteiger partial charge in [0.05, 0.1) is 5.54 Å². The Morgan fingerprint density at radius 2 is 2.58 bits per heavy atom. The zero-order chi connectivity index (χ0) is 8.60. The third-order valence-electron chi connectivity index (χ3n) is 2.30. The molecule has 0 bridgehead atoms. The summed E-state index contributed by atoms with van der Waals surface area (Å²) < 4.78 is 4.67. The van der Waals surface area contributed by atoms with Crippen LogP contribution < -0.4 is 5.73 Å². The minimum atomic E-state index is -0.401. The molecule has 1 aliphatic rings. The zero-order valence-corrected chi connectivity index (χ0v) is 7.03. The summed E-state index contributed by atoms with van der Waals surface area (Å²) in [5, 5.41) is 3.77. The molecule has 1 aromatic rings. The van der Waals surface area contributed by atoms with Gasteiger partial charge in [-0.3, -0.25) is 0 Å². The lowest BCUT2D eigenvalue weighted by molar-refractivity contribution is 0.343. The van der Waals surface area contributed by atoms with E-state index in [1.807, 2.05) is 7.05 Å². The van der Waals surface area contributed by atoms with Crippen LogP contribution >= 0.6 is 0 Å². The number of likely N-dealkylation sites (N-methyl/N-ethyl adjacent to an activating group) is 1. The first kappa shape index (κ1) is 7.70. The summed E-state index contributed by atoms with van der Waals surface area (Å²) in [6.07, 6.45) is 2.21. The molecule has 2 heterocycles. The monoisotopic (exact) mass is 168 g/mol. The van der Waals surface area contributed by atoms with Crippen molar-refractivity contribution in [1.82, 2.24) is 15.0 Å². The quantitative estimate of drug-likeness (QED) is 0.615. The molecule has 1 unspecified atom stereocenters. The van der Waals surface area contributed by atoms with Crippen molar-refractivity contribution in [3.8, 4) is 0 Å². The van der Waals surface area contributed by atoms with E-state index in [0.29, 0.717) is 5.82 Å². The molecule has 5 heteroatoms. The van der Waals surface area contributed by atoms with E-state index >= 15 is 0 Å². The molecule has 0 spiro atoms. The first-order valence-corrected chi connectivity index (χ1v) is 3.95. The SMILES string of the molecule is CN1CCC(N)(c2ncon2)C1. The van der Waals surface area contributed by atoms with Gasteiger partial charge in [-0.1, -0.05) is 5.16 Å². The van der Waals surface area contributed by atoms with Gasteiger partial charge < -0.3 is 15.2 Å². The number of likely N-dealkylation sites (tertiary alicyclic amines) is 1. The summed E-state index contributed by atoms with van der Waals surface area (Å²) >= 11 is 0. The highest BCUT2D eigenvalue weighted by atomic mass is 16.5. The number of rotatable bonds is 1. The van der Waals surface area contributed by atoms with Gasteiger partial charge in [0, 0.05) is 13.1 Å². The summed E-state index contributed by atoms with van der Waals surface area (Å²) in [6, 6.07) is 0. The van der Waals surface area contributed by atoms with Crippen molar-refractivity contribution in [3.05, 3.63) is 12.2 Å². The largest absolute Gasteiger partial charge is 0.343 e. The first-order chi connectivity index (χ1) is 5.71. The Bertz CT molecular complexity index is 260. The molecule has 1 aliphatic heterocycles. The predicted molar refractivity (Wildman–Crippen MR) is 42.3 cm³/mol. The van der Waals surface area contributed by atoms with Crippen LogP contribution in [-0.4, -0.2) is 35.2 Å². The van der Waals surface area contributed by atoms with Gasteiger partial charge in [0.15, 0.2) is 5.82 Å². The molecule has 0 aromatic carbocycles. The fourth-order valence-electron chi connectivity index (χ4n) is 1.60.